The average Bonchev–Trinajstić information content (AvgIpc) is 2.54. The van der Waals surface area contributed by atoms with Crippen molar-refractivity contribution >= 4 is 33.2 Å². The third-order valence-electron chi connectivity index (χ3n) is 3.02. The molecule has 0 radical (unpaired) electrons. The summed E-state index contributed by atoms with van der Waals surface area (Å²) in [5.41, 5.74) is 8.72. The predicted octanol–water partition coefficient (Wildman–Crippen LogP) is 2.98. The SMILES string of the molecule is CCOC(=O)c1c(C)nc2sc(C)c(C)c2c1N. The quantitative estimate of drug-likeness (QED) is 0.847. The zero-order valence-corrected chi connectivity index (χ0v) is 11.8. The number of esters is 1. The third kappa shape index (κ3) is 1.84. The first-order chi connectivity index (χ1) is 8.47. The number of nitrogen functional groups attached to an aromatic ring is 1. The molecule has 2 heterocycles. The molecule has 0 unspecified atom stereocenters. The van der Waals surface area contributed by atoms with E-state index in [1.807, 2.05) is 13.8 Å². The molecular formula is C13H16N2O2S. The van der Waals surface area contributed by atoms with Gasteiger partial charge in [-0.15, -0.1) is 11.3 Å². The highest BCUT2D eigenvalue weighted by Crippen LogP contribution is 2.35. The fraction of sp³-hybridized carbons (Fsp3) is 0.385. The molecule has 0 aliphatic heterocycles. The Kier molecular flexibility index (Phi) is 3.26. The molecule has 0 spiro atoms. The molecule has 2 rings (SSSR count). The van der Waals surface area contributed by atoms with Crippen LogP contribution in [0.4, 0.5) is 5.69 Å². The molecule has 2 aromatic heterocycles. The van der Waals surface area contributed by atoms with Crippen molar-refractivity contribution in [3.05, 3.63) is 21.7 Å². The highest BCUT2D eigenvalue weighted by molar-refractivity contribution is 7.18. The molecule has 0 aromatic carbocycles. The number of aryl methyl sites for hydroxylation is 3. The van der Waals surface area contributed by atoms with Gasteiger partial charge in [0.2, 0.25) is 0 Å². The molecule has 5 heteroatoms. The van der Waals surface area contributed by atoms with Crippen molar-refractivity contribution in [1.82, 2.24) is 4.98 Å². The number of aromatic nitrogens is 1. The Bertz CT molecular complexity index is 632. The van der Waals surface area contributed by atoms with Crippen LogP contribution in [0.2, 0.25) is 0 Å². The van der Waals surface area contributed by atoms with Crippen molar-refractivity contribution in [2.24, 2.45) is 0 Å². The molecule has 0 amide bonds. The second kappa shape index (κ2) is 4.57. The summed E-state index contributed by atoms with van der Waals surface area (Å²) in [4.78, 5) is 18.4. The smallest absolute Gasteiger partial charge is 0.342 e. The van der Waals surface area contributed by atoms with E-state index < -0.39 is 5.97 Å². The summed E-state index contributed by atoms with van der Waals surface area (Å²) in [6.45, 7) is 7.91. The number of nitrogens with two attached hydrogens (primary N) is 1. The summed E-state index contributed by atoms with van der Waals surface area (Å²) >= 11 is 1.60. The first kappa shape index (κ1) is 12.8. The van der Waals surface area contributed by atoms with E-state index in [4.69, 9.17) is 10.5 Å². The zero-order valence-electron chi connectivity index (χ0n) is 11.0. The van der Waals surface area contributed by atoms with E-state index in [9.17, 15) is 4.79 Å². The largest absolute Gasteiger partial charge is 0.462 e. The standard InChI is InChI=1S/C13H16N2O2S/c1-5-17-13(16)10-7(3)15-12-9(11(10)14)6(2)8(4)18-12/h5H2,1-4H3,(H2,14,15). The number of nitrogens with zero attached hydrogens (tertiary/aromatic N) is 1. The Hall–Kier alpha value is -1.62. The minimum absolute atomic E-state index is 0.331. The number of hydrogen-bond donors (Lipinski definition) is 1. The van der Waals surface area contributed by atoms with Crippen LogP contribution in [0, 0.1) is 20.8 Å². The molecule has 2 N–H and O–H groups in total. The van der Waals surface area contributed by atoms with Gasteiger partial charge in [-0.25, -0.2) is 9.78 Å². The zero-order chi connectivity index (χ0) is 13.4. The van der Waals surface area contributed by atoms with Crippen LogP contribution in [0.15, 0.2) is 0 Å². The molecule has 0 atom stereocenters. The number of carbonyl (C=O) groups excluding carboxylic acids is 1. The first-order valence-corrected chi connectivity index (χ1v) is 6.61. The van der Waals surface area contributed by atoms with Crippen LogP contribution in [0.25, 0.3) is 10.2 Å². The summed E-state index contributed by atoms with van der Waals surface area (Å²) in [7, 11) is 0. The summed E-state index contributed by atoms with van der Waals surface area (Å²) < 4.78 is 5.03. The van der Waals surface area contributed by atoms with Crippen LogP contribution < -0.4 is 5.73 Å². The van der Waals surface area contributed by atoms with Crippen LogP contribution in [0.3, 0.4) is 0 Å². The van der Waals surface area contributed by atoms with Crippen LogP contribution >= 0.6 is 11.3 Å². The number of carbonyl (C=O) groups is 1. The number of ether oxygens (including phenoxy) is 1. The molecule has 0 bridgehead atoms. The Morgan fingerprint density at radius 1 is 1.39 bits per heavy atom. The average molecular weight is 264 g/mol. The van der Waals surface area contributed by atoms with E-state index in [0.717, 1.165) is 15.8 Å². The molecule has 0 aliphatic carbocycles. The second-order valence-corrected chi connectivity index (χ2v) is 5.37. The van der Waals surface area contributed by atoms with Gasteiger partial charge in [-0.2, -0.15) is 0 Å². The molecular weight excluding hydrogens is 248 g/mol. The first-order valence-electron chi connectivity index (χ1n) is 5.80. The predicted molar refractivity (Wildman–Crippen MR) is 74.2 cm³/mol. The minimum atomic E-state index is -0.398. The van der Waals surface area contributed by atoms with Gasteiger partial charge in [0.1, 0.15) is 10.4 Å². The molecule has 0 fully saturated rings. The molecule has 4 nitrogen and oxygen atoms in total. The maximum Gasteiger partial charge on any atom is 0.342 e. The fourth-order valence-electron chi connectivity index (χ4n) is 1.99. The monoisotopic (exact) mass is 264 g/mol. The van der Waals surface area contributed by atoms with Gasteiger partial charge >= 0.3 is 5.97 Å². The Balaban J connectivity index is 2.75. The molecule has 0 saturated carbocycles. The second-order valence-electron chi connectivity index (χ2n) is 4.17. The van der Waals surface area contributed by atoms with E-state index in [1.165, 1.54) is 4.88 Å². The van der Waals surface area contributed by atoms with Crippen LogP contribution in [-0.2, 0) is 4.74 Å². The van der Waals surface area contributed by atoms with Gasteiger partial charge in [0.15, 0.2) is 0 Å². The Labute approximate surface area is 110 Å². The van der Waals surface area contributed by atoms with Crippen molar-refractivity contribution in [3.8, 4) is 0 Å². The maximum absolute atomic E-state index is 11.9. The summed E-state index contributed by atoms with van der Waals surface area (Å²) in [5.74, 6) is -0.398. The lowest BCUT2D eigenvalue weighted by molar-refractivity contribution is 0.0526. The molecule has 96 valence electrons. The van der Waals surface area contributed by atoms with Crippen molar-refractivity contribution in [3.63, 3.8) is 0 Å². The van der Waals surface area contributed by atoms with E-state index >= 15 is 0 Å². The van der Waals surface area contributed by atoms with E-state index in [2.05, 4.69) is 4.98 Å². The van der Waals surface area contributed by atoms with E-state index in [-0.39, 0.29) is 0 Å². The number of fused-ring (bicyclic) bond motifs is 1. The molecule has 0 saturated heterocycles. The summed E-state index contributed by atoms with van der Waals surface area (Å²) in [6.07, 6.45) is 0. The highest BCUT2D eigenvalue weighted by atomic mass is 32.1. The number of rotatable bonds is 2. The summed E-state index contributed by atoms with van der Waals surface area (Å²) in [6, 6.07) is 0. The van der Waals surface area contributed by atoms with Gasteiger partial charge in [0, 0.05) is 10.3 Å². The van der Waals surface area contributed by atoms with Crippen LogP contribution in [0.1, 0.15) is 33.4 Å². The van der Waals surface area contributed by atoms with Crippen molar-refractivity contribution in [1.29, 1.82) is 0 Å². The van der Waals surface area contributed by atoms with Crippen molar-refractivity contribution < 1.29 is 9.53 Å². The third-order valence-corrected chi connectivity index (χ3v) is 4.12. The van der Waals surface area contributed by atoms with E-state index in [1.54, 1.807) is 25.2 Å². The van der Waals surface area contributed by atoms with E-state index in [0.29, 0.717) is 23.6 Å². The lowest BCUT2D eigenvalue weighted by atomic mass is 10.1. The fourth-order valence-corrected chi connectivity index (χ4v) is 3.09. The lowest BCUT2D eigenvalue weighted by Gasteiger charge is -2.09. The molecule has 2 aromatic rings. The Morgan fingerprint density at radius 3 is 2.67 bits per heavy atom. The maximum atomic E-state index is 11.9. The van der Waals surface area contributed by atoms with Crippen LogP contribution in [-0.4, -0.2) is 17.6 Å². The normalized spacial score (nSPS) is 10.9. The number of thiophene rings is 1. The lowest BCUT2D eigenvalue weighted by Crippen LogP contribution is -2.11. The molecule has 18 heavy (non-hydrogen) atoms. The topological polar surface area (TPSA) is 65.2 Å². The minimum Gasteiger partial charge on any atom is -0.462 e. The summed E-state index contributed by atoms with van der Waals surface area (Å²) in [5, 5.41) is 0.881. The van der Waals surface area contributed by atoms with Gasteiger partial charge in [0.25, 0.3) is 0 Å². The van der Waals surface area contributed by atoms with Gasteiger partial charge in [-0.3, -0.25) is 0 Å². The van der Waals surface area contributed by atoms with Gasteiger partial charge < -0.3 is 10.5 Å². The number of pyridine rings is 1. The number of hydrogen-bond acceptors (Lipinski definition) is 5. The van der Waals surface area contributed by atoms with Crippen molar-refractivity contribution in [2.45, 2.75) is 27.7 Å². The van der Waals surface area contributed by atoms with Gasteiger partial charge in [-0.1, -0.05) is 0 Å². The van der Waals surface area contributed by atoms with Crippen LogP contribution in [0.5, 0.6) is 0 Å². The van der Waals surface area contributed by atoms with Crippen molar-refractivity contribution in [2.75, 3.05) is 12.3 Å². The Morgan fingerprint density at radius 2 is 2.06 bits per heavy atom. The highest BCUT2D eigenvalue weighted by Gasteiger charge is 2.21. The molecule has 0 aliphatic rings. The number of anilines is 1. The van der Waals surface area contributed by atoms with Gasteiger partial charge in [-0.05, 0) is 33.3 Å². The van der Waals surface area contributed by atoms with Gasteiger partial charge in [0.05, 0.1) is 18.0 Å².